The first-order chi connectivity index (χ1) is 17.3. The fourth-order valence-corrected chi connectivity index (χ4v) is 5.24. The second-order valence-corrected chi connectivity index (χ2v) is 10.5. The Morgan fingerprint density at radius 3 is 2.64 bits per heavy atom. The molecule has 3 fully saturated rings. The van der Waals surface area contributed by atoms with Gasteiger partial charge in [-0.25, -0.2) is 0 Å². The summed E-state index contributed by atoms with van der Waals surface area (Å²) in [5.74, 6) is 1.15. The summed E-state index contributed by atoms with van der Waals surface area (Å²) in [6.45, 7) is 4.77. The highest BCUT2D eigenvalue weighted by atomic mass is 35.5. The molecule has 11 nitrogen and oxygen atoms in total. The molecule has 0 bridgehead atoms. The number of hydrogen-bond donors (Lipinski definition) is 3. The van der Waals surface area contributed by atoms with Crippen LogP contribution in [0.1, 0.15) is 37.4 Å². The maximum absolute atomic E-state index is 10.1. The van der Waals surface area contributed by atoms with E-state index < -0.39 is 5.60 Å². The number of benzene rings is 1. The Hall–Kier alpha value is -3.64. The van der Waals surface area contributed by atoms with Gasteiger partial charge < -0.3 is 20.6 Å². The fourth-order valence-electron chi connectivity index (χ4n) is 4.96. The predicted molar refractivity (Wildman–Crippen MR) is 134 cm³/mol. The number of aliphatic hydroxyl groups is 1. The normalized spacial score (nSPS) is 21.1. The van der Waals surface area contributed by atoms with Crippen molar-refractivity contribution in [2.24, 2.45) is 0 Å². The Morgan fingerprint density at radius 2 is 1.94 bits per heavy atom. The minimum absolute atomic E-state index is 0.249. The molecule has 1 atom stereocenters. The monoisotopic (exact) mass is 504 g/mol. The van der Waals surface area contributed by atoms with Gasteiger partial charge in [-0.15, -0.1) is 0 Å². The zero-order chi connectivity index (χ0) is 25.0. The lowest BCUT2D eigenvalue weighted by atomic mass is 9.94. The van der Waals surface area contributed by atoms with Crippen molar-refractivity contribution in [3.05, 3.63) is 34.6 Å². The van der Waals surface area contributed by atoms with Gasteiger partial charge in [0.15, 0.2) is 5.69 Å². The van der Waals surface area contributed by atoms with E-state index in [0.29, 0.717) is 53.2 Å². The highest BCUT2D eigenvalue weighted by Gasteiger charge is 2.42. The molecule has 4 heterocycles. The lowest BCUT2D eigenvalue weighted by Gasteiger charge is -2.47. The molecular weight excluding hydrogens is 480 g/mol. The van der Waals surface area contributed by atoms with Crippen LogP contribution in [0.2, 0.25) is 5.02 Å². The van der Waals surface area contributed by atoms with Gasteiger partial charge in [-0.2, -0.15) is 25.5 Å². The van der Waals surface area contributed by atoms with Gasteiger partial charge in [0, 0.05) is 38.3 Å². The van der Waals surface area contributed by atoms with Crippen molar-refractivity contribution in [2.45, 2.75) is 43.9 Å². The topological polar surface area (TPSA) is 141 Å². The number of nitrogens with zero attached hydrogens (tertiary/aromatic N) is 8. The lowest BCUT2D eigenvalue weighted by Crippen LogP contribution is -2.63. The quantitative estimate of drug-likeness (QED) is 0.458. The van der Waals surface area contributed by atoms with Crippen LogP contribution in [0, 0.1) is 22.7 Å². The van der Waals surface area contributed by atoms with E-state index in [-0.39, 0.29) is 11.6 Å². The number of aromatic nitrogens is 4. The molecule has 0 spiro atoms. The summed E-state index contributed by atoms with van der Waals surface area (Å²) in [6, 6.07) is 8.42. The molecule has 184 valence electrons. The van der Waals surface area contributed by atoms with E-state index in [1.54, 1.807) is 22.7 Å². The van der Waals surface area contributed by atoms with Crippen molar-refractivity contribution >= 4 is 40.7 Å². The Bertz CT molecular complexity index is 1430. The van der Waals surface area contributed by atoms with E-state index >= 15 is 0 Å². The van der Waals surface area contributed by atoms with Crippen molar-refractivity contribution in [3.8, 4) is 12.1 Å². The molecule has 6 rings (SSSR count). The van der Waals surface area contributed by atoms with Crippen molar-refractivity contribution in [1.82, 2.24) is 24.3 Å². The van der Waals surface area contributed by atoms with Gasteiger partial charge in [-0.1, -0.05) is 11.6 Å². The van der Waals surface area contributed by atoms with Crippen LogP contribution in [0.25, 0.3) is 5.78 Å². The zero-order valence-electron chi connectivity index (χ0n) is 19.7. The molecular formula is C24H25ClN10O. The number of nitriles is 2. The molecule has 2 aliphatic heterocycles. The third-order valence-corrected chi connectivity index (χ3v) is 7.29. The van der Waals surface area contributed by atoms with Crippen LogP contribution < -0.4 is 15.5 Å². The van der Waals surface area contributed by atoms with E-state index in [1.807, 2.05) is 13.0 Å². The second kappa shape index (κ2) is 8.49. The van der Waals surface area contributed by atoms with Gasteiger partial charge in [0.1, 0.15) is 6.07 Å². The third-order valence-electron chi connectivity index (χ3n) is 6.90. The molecule has 3 aromatic rings. The van der Waals surface area contributed by atoms with Crippen LogP contribution in [-0.2, 0) is 0 Å². The Morgan fingerprint density at radius 1 is 1.14 bits per heavy atom. The minimum atomic E-state index is -0.611. The number of hydrogen-bond acceptors (Lipinski definition) is 10. The second-order valence-electron chi connectivity index (χ2n) is 10.1. The van der Waals surface area contributed by atoms with E-state index in [0.717, 1.165) is 38.0 Å². The maximum Gasteiger partial charge on any atom is 0.241 e. The van der Waals surface area contributed by atoms with Crippen LogP contribution in [0.4, 0.5) is 23.3 Å². The zero-order valence-corrected chi connectivity index (χ0v) is 20.5. The fraction of sp³-hybridized carbons (Fsp3) is 0.458. The van der Waals surface area contributed by atoms with E-state index in [9.17, 15) is 15.6 Å². The smallest absolute Gasteiger partial charge is 0.241 e. The minimum Gasteiger partial charge on any atom is -0.388 e. The standard InChI is InChI=1S/C24H25ClN10O/c1-24(36)12-34(13-24)17-4-5-33(11-17)19-7-14(8-26)6-18(20(19)25)30-21-31-22(28-15-2-3-15)35-10-16(9-27)29-23(35)32-21/h6-7,10,15,17,36H,2-5,11-13H2,1H3,(H2,28,29,30,31,32). The average Bonchev–Trinajstić information content (AvgIpc) is 3.35. The van der Waals surface area contributed by atoms with Gasteiger partial charge >= 0.3 is 0 Å². The molecule has 1 aromatic carbocycles. The number of anilines is 4. The molecule has 2 aromatic heterocycles. The van der Waals surface area contributed by atoms with Gasteiger partial charge in [-0.3, -0.25) is 9.30 Å². The molecule has 1 saturated carbocycles. The molecule has 0 radical (unpaired) electrons. The van der Waals surface area contributed by atoms with Crippen LogP contribution in [0.5, 0.6) is 0 Å². The van der Waals surface area contributed by atoms with Crippen molar-refractivity contribution in [1.29, 1.82) is 10.5 Å². The van der Waals surface area contributed by atoms with Crippen molar-refractivity contribution < 1.29 is 5.11 Å². The summed E-state index contributed by atoms with van der Waals surface area (Å²) in [7, 11) is 0. The molecule has 1 aliphatic carbocycles. The Balaban J connectivity index is 1.30. The SMILES string of the molecule is CC1(O)CN(C2CCN(c3cc(C#N)cc(Nc4nc(NC5CC5)n5cc(C#N)nc5n4)c3Cl)C2)C1. The lowest BCUT2D eigenvalue weighted by molar-refractivity contribution is -0.0984. The molecule has 3 aliphatic rings. The first-order valence-electron chi connectivity index (χ1n) is 12.0. The van der Waals surface area contributed by atoms with E-state index in [4.69, 9.17) is 11.6 Å². The van der Waals surface area contributed by atoms with E-state index in [1.165, 1.54) is 0 Å². The summed E-state index contributed by atoms with van der Waals surface area (Å²) in [5.41, 5.74) is 1.41. The Labute approximate surface area is 212 Å². The first-order valence-corrected chi connectivity index (χ1v) is 12.4. The summed E-state index contributed by atoms with van der Waals surface area (Å²) in [5, 5.41) is 36.1. The Kier molecular flexibility index (Phi) is 5.38. The number of β-amino-alcohol motifs (C(OH)–C–C–N with tert-alkyl or cyclic N) is 1. The third kappa shape index (κ3) is 4.26. The summed E-state index contributed by atoms with van der Waals surface area (Å²) < 4.78 is 1.66. The molecule has 2 saturated heterocycles. The summed E-state index contributed by atoms with van der Waals surface area (Å²) >= 11 is 6.86. The number of rotatable bonds is 6. The van der Waals surface area contributed by atoms with Crippen LogP contribution in [-0.4, -0.2) is 73.2 Å². The number of nitrogens with one attached hydrogen (secondary N) is 2. The van der Waals surface area contributed by atoms with E-state index in [2.05, 4.69) is 41.5 Å². The highest BCUT2D eigenvalue weighted by Crippen LogP contribution is 2.39. The average molecular weight is 505 g/mol. The van der Waals surface area contributed by atoms with Crippen LogP contribution in [0.3, 0.4) is 0 Å². The number of halogens is 1. The molecule has 36 heavy (non-hydrogen) atoms. The largest absolute Gasteiger partial charge is 0.388 e. The van der Waals surface area contributed by atoms with Crippen LogP contribution >= 0.6 is 11.6 Å². The maximum atomic E-state index is 10.1. The van der Waals surface area contributed by atoms with Gasteiger partial charge in [0.25, 0.3) is 0 Å². The highest BCUT2D eigenvalue weighted by molar-refractivity contribution is 6.36. The molecule has 1 unspecified atom stereocenters. The van der Waals surface area contributed by atoms with Crippen LogP contribution in [0.15, 0.2) is 18.3 Å². The molecule has 12 heteroatoms. The number of likely N-dealkylation sites (tertiary alicyclic amines) is 1. The predicted octanol–water partition coefficient (Wildman–Crippen LogP) is 2.48. The van der Waals surface area contributed by atoms with Gasteiger partial charge in [0.2, 0.25) is 17.7 Å². The number of fused-ring (bicyclic) bond motifs is 1. The van der Waals surface area contributed by atoms with Gasteiger partial charge in [0.05, 0.1) is 39.8 Å². The first kappa shape index (κ1) is 22.8. The number of imidazole rings is 1. The summed E-state index contributed by atoms with van der Waals surface area (Å²) in [4.78, 5) is 17.8. The molecule has 3 N–H and O–H groups in total. The molecule has 0 amide bonds. The van der Waals surface area contributed by atoms with Crippen molar-refractivity contribution in [2.75, 3.05) is 41.7 Å². The van der Waals surface area contributed by atoms with Gasteiger partial charge in [-0.05, 0) is 38.3 Å². The summed E-state index contributed by atoms with van der Waals surface area (Å²) in [6.07, 6.45) is 4.67. The van der Waals surface area contributed by atoms with Crippen molar-refractivity contribution in [3.63, 3.8) is 0 Å².